The van der Waals surface area contributed by atoms with E-state index < -0.39 is 0 Å². The van der Waals surface area contributed by atoms with Crippen LogP contribution in [0.1, 0.15) is 37.9 Å². The van der Waals surface area contributed by atoms with Gasteiger partial charge < -0.3 is 10.1 Å². The maximum atomic E-state index is 8.91. The van der Waals surface area contributed by atoms with E-state index >= 15 is 0 Å². The molecule has 0 bridgehead atoms. The number of imidazole rings is 1. The first-order valence-corrected chi connectivity index (χ1v) is 7.48. The summed E-state index contributed by atoms with van der Waals surface area (Å²) in [4.78, 5) is 16.1. The first-order valence-electron chi connectivity index (χ1n) is 7.48. The van der Waals surface area contributed by atoms with Crippen LogP contribution in [0, 0.1) is 6.92 Å². The van der Waals surface area contributed by atoms with Gasteiger partial charge in [-0.3, -0.25) is 9.97 Å². The van der Waals surface area contributed by atoms with Crippen molar-refractivity contribution in [1.29, 1.82) is 0 Å². The largest absolute Gasteiger partial charge is 0.393 e. The van der Waals surface area contributed by atoms with E-state index in [2.05, 4.69) is 19.9 Å². The van der Waals surface area contributed by atoms with Crippen molar-refractivity contribution in [1.82, 2.24) is 19.9 Å². The van der Waals surface area contributed by atoms with Gasteiger partial charge in [-0.2, -0.15) is 0 Å². The Hall–Kier alpha value is -2.01. The molecule has 1 aliphatic rings. The number of hydrogen-bond acceptors (Lipinski definition) is 4. The molecule has 1 fully saturated rings. The fourth-order valence-electron chi connectivity index (χ4n) is 2.68. The molecule has 5 heteroatoms. The van der Waals surface area contributed by atoms with E-state index in [9.17, 15) is 0 Å². The van der Waals surface area contributed by atoms with Gasteiger partial charge in [0.25, 0.3) is 0 Å². The maximum Gasteiger partial charge on any atom is 0.118 e. The molecule has 2 N–H and O–H groups in total. The summed E-state index contributed by atoms with van der Waals surface area (Å²) in [5.41, 5.74) is 3.57. The monoisotopic (exact) mass is 284 g/mol. The molecule has 4 rings (SSSR count). The van der Waals surface area contributed by atoms with Crippen molar-refractivity contribution >= 4 is 22.1 Å². The van der Waals surface area contributed by atoms with Gasteiger partial charge in [-0.15, -0.1) is 0 Å². The van der Waals surface area contributed by atoms with Crippen molar-refractivity contribution in [3.63, 3.8) is 0 Å². The van der Waals surface area contributed by atoms with Crippen LogP contribution < -0.4 is 0 Å². The Morgan fingerprint density at radius 1 is 1.14 bits per heavy atom. The fourth-order valence-corrected chi connectivity index (χ4v) is 2.68. The summed E-state index contributed by atoms with van der Waals surface area (Å²) in [7, 11) is 0. The van der Waals surface area contributed by atoms with E-state index in [1.165, 1.54) is 19.3 Å². The minimum Gasteiger partial charge on any atom is -0.393 e. The van der Waals surface area contributed by atoms with E-state index in [0.717, 1.165) is 40.7 Å². The van der Waals surface area contributed by atoms with Gasteiger partial charge in [-0.05, 0) is 31.9 Å². The summed E-state index contributed by atoms with van der Waals surface area (Å²) in [6.07, 6.45) is 9.47. The first-order chi connectivity index (χ1) is 10.2. The molecule has 3 aromatic heterocycles. The SMILES string of the molecule is Cc1nc2c(cnc3cccnc32)[nH]1.OC1CCCCC1. The lowest BCUT2D eigenvalue weighted by atomic mass is 9.98. The Labute approximate surface area is 123 Å². The van der Waals surface area contributed by atoms with Crippen LogP contribution in [0.2, 0.25) is 0 Å². The van der Waals surface area contributed by atoms with Gasteiger partial charge in [-0.1, -0.05) is 19.3 Å². The van der Waals surface area contributed by atoms with Gasteiger partial charge in [0.05, 0.1) is 23.3 Å². The number of aryl methyl sites for hydroxylation is 1. The van der Waals surface area contributed by atoms with Crippen molar-refractivity contribution < 1.29 is 5.11 Å². The van der Waals surface area contributed by atoms with E-state index in [0.29, 0.717) is 0 Å². The van der Waals surface area contributed by atoms with E-state index in [1.807, 2.05) is 19.1 Å². The van der Waals surface area contributed by atoms with Crippen LogP contribution in [-0.4, -0.2) is 31.1 Å². The number of aromatic amines is 1. The highest BCUT2D eigenvalue weighted by atomic mass is 16.3. The zero-order valence-corrected chi connectivity index (χ0v) is 12.2. The average molecular weight is 284 g/mol. The highest BCUT2D eigenvalue weighted by Gasteiger charge is 2.07. The molecule has 0 spiro atoms. The number of nitrogens with one attached hydrogen (secondary N) is 1. The number of aliphatic hydroxyl groups excluding tert-OH is 1. The topological polar surface area (TPSA) is 74.7 Å². The molecule has 3 heterocycles. The lowest BCUT2D eigenvalue weighted by molar-refractivity contribution is 0.130. The van der Waals surface area contributed by atoms with Gasteiger partial charge in [0.15, 0.2) is 0 Å². The minimum absolute atomic E-state index is 0.0359. The van der Waals surface area contributed by atoms with Crippen LogP contribution in [0.15, 0.2) is 24.5 Å². The lowest BCUT2D eigenvalue weighted by Crippen LogP contribution is -2.09. The van der Waals surface area contributed by atoms with Crippen molar-refractivity contribution in [3.8, 4) is 0 Å². The molecule has 0 radical (unpaired) electrons. The number of fused-ring (bicyclic) bond motifs is 3. The zero-order valence-electron chi connectivity index (χ0n) is 12.2. The van der Waals surface area contributed by atoms with Crippen LogP contribution in [0.5, 0.6) is 0 Å². The highest BCUT2D eigenvalue weighted by molar-refractivity contribution is 5.98. The van der Waals surface area contributed by atoms with E-state index in [1.54, 1.807) is 12.4 Å². The zero-order chi connectivity index (χ0) is 14.7. The molecule has 0 saturated heterocycles. The Morgan fingerprint density at radius 3 is 2.67 bits per heavy atom. The van der Waals surface area contributed by atoms with Gasteiger partial charge in [0.1, 0.15) is 16.9 Å². The predicted molar refractivity (Wildman–Crippen MR) is 83.0 cm³/mol. The molecule has 3 aromatic rings. The molecule has 110 valence electrons. The second-order valence-electron chi connectivity index (χ2n) is 5.51. The average Bonchev–Trinajstić information content (AvgIpc) is 2.89. The third-order valence-electron chi connectivity index (χ3n) is 3.77. The lowest BCUT2D eigenvalue weighted by Gasteiger charge is -2.14. The second-order valence-corrected chi connectivity index (χ2v) is 5.51. The Balaban J connectivity index is 0.000000160. The molecule has 1 aliphatic carbocycles. The number of aliphatic hydroxyl groups is 1. The van der Waals surface area contributed by atoms with Gasteiger partial charge in [0, 0.05) is 6.20 Å². The van der Waals surface area contributed by atoms with E-state index in [-0.39, 0.29) is 6.10 Å². The molecule has 0 aliphatic heterocycles. The predicted octanol–water partition coefficient (Wildman–Crippen LogP) is 3.13. The minimum atomic E-state index is 0.0359. The molecule has 0 atom stereocenters. The molecular weight excluding hydrogens is 264 g/mol. The summed E-state index contributed by atoms with van der Waals surface area (Å²) in [5.74, 6) is 0.889. The summed E-state index contributed by atoms with van der Waals surface area (Å²) in [5, 5.41) is 8.91. The van der Waals surface area contributed by atoms with Gasteiger partial charge in [-0.25, -0.2) is 4.98 Å². The molecule has 0 amide bonds. The summed E-state index contributed by atoms with van der Waals surface area (Å²) < 4.78 is 0. The molecular formula is C16H20N4O. The Morgan fingerprint density at radius 2 is 1.95 bits per heavy atom. The van der Waals surface area contributed by atoms with Crippen molar-refractivity contribution in [2.75, 3.05) is 0 Å². The van der Waals surface area contributed by atoms with Crippen LogP contribution in [0.25, 0.3) is 22.1 Å². The number of aromatic nitrogens is 4. The standard InChI is InChI=1S/C10H8N4.C6H12O/c1-6-13-8-5-12-7-3-2-4-11-9(7)10(8)14-6;7-6-4-2-1-3-5-6/h2-5H,1H3,(H,13,14);6-7H,1-5H2. The Kier molecular flexibility index (Phi) is 4.10. The number of hydrogen-bond donors (Lipinski definition) is 2. The normalized spacial score (nSPS) is 15.9. The number of rotatable bonds is 0. The van der Waals surface area contributed by atoms with Crippen LogP contribution in [0.4, 0.5) is 0 Å². The molecule has 0 unspecified atom stereocenters. The summed E-state index contributed by atoms with van der Waals surface area (Å²) in [6.45, 7) is 1.93. The summed E-state index contributed by atoms with van der Waals surface area (Å²) >= 11 is 0. The highest BCUT2D eigenvalue weighted by Crippen LogP contribution is 2.18. The quantitative estimate of drug-likeness (QED) is 0.665. The number of nitrogens with zero attached hydrogens (tertiary/aromatic N) is 3. The number of pyridine rings is 2. The van der Waals surface area contributed by atoms with Crippen LogP contribution in [-0.2, 0) is 0 Å². The molecule has 5 nitrogen and oxygen atoms in total. The third kappa shape index (κ3) is 3.19. The van der Waals surface area contributed by atoms with Gasteiger partial charge >= 0.3 is 0 Å². The van der Waals surface area contributed by atoms with Crippen molar-refractivity contribution in [3.05, 3.63) is 30.4 Å². The third-order valence-corrected chi connectivity index (χ3v) is 3.77. The van der Waals surface area contributed by atoms with Crippen molar-refractivity contribution in [2.45, 2.75) is 45.1 Å². The smallest absolute Gasteiger partial charge is 0.118 e. The van der Waals surface area contributed by atoms with E-state index in [4.69, 9.17) is 5.11 Å². The molecule has 0 aromatic carbocycles. The molecule has 21 heavy (non-hydrogen) atoms. The Bertz CT molecular complexity index is 731. The van der Waals surface area contributed by atoms with Gasteiger partial charge in [0.2, 0.25) is 0 Å². The van der Waals surface area contributed by atoms with Crippen LogP contribution in [0.3, 0.4) is 0 Å². The van der Waals surface area contributed by atoms with Crippen LogP contribution >= 0.6 is 0 Å². The summed E-state index contributed by atoms with van der Waals surface area (Å²) in [6, 6.07) is 3.81. The van der Waals surface area contributed by atoms with Crippen molar-refractivity contribution in [2.24, 2.45) is 0 Å². The fraction of sp³-hybridized carbons (Fsp3) is 0.438. The number of H-pyrrole nitrogens is 1. The first kappa shape index (κ1) is 13.9. The molecule has 1 saturated carbocycles. The maximum absolute atomic E-state index is 8.91. The second kappa shape index (κ2) is 6.18.